The summed E-state index contributed by atoms with van der Waals surface area (Å²) in [5.41, 5.74) is 5.61. The molecule has 2 N–H and O–H groups in total. The van der Waals surface area contributed by atoms with Gasteiger partial charge in [0.25, 0.3) is 15.9 Å². The molecule has 198 valence electrons. The Morgan fingerprint density at radius 1 is 0.821 bits per heavy atom. The highest BCUT2D eigenvalue weighted by molar-refractivity contribution is 7.92. The third-order valence-electron chi connectivity index (χ3n) is 6.52. The van der Waals surface area contributed by atoms with Crippen LogP contribution in [0.5, 0.6) is 0 Å². The maximum Gasteiger partial charge on any atom is 0.264 e. The first-order valence-corrected chi connectivity index (χ1v) is 14.0. The molecule has 4 aromatic rings. The van der Waals surface area contributed by atoms with E-state index in [0.717, 1.165) is 23.4 Å². The van der Waals surface area contributed by atoms with Gasteiger partial charge in [-0.1, -0.05) is 60.7 Å². The van der Waals surface area contributed by atoms with Crippen molar-refractivity contribution in [3.63, 3.8) is 0 Å². The van der Waals surface area contributed by atoms with E-state index in [4.69, 9.17) is 0 Å². The maximum atomic E-state index is 13.4. The van der Waals surface area contributed by atoms with Crippen LogP contribution in [0.1, 0.15) is 16.7 Å². The Bertz CT molecular complexity index is 1650. The minimum Gasteiger partial charge on any atom is -0.354 e. The van der Waals surface area contributed by atoms with Gasteiger partial charge in [0.05, 0.1) is 21.9 Å². The van der Waals surface area contributed by atoms with Crippen LogP contribution in [0.25, 0.3) is 11.3 Å². The molecular weight excluding hydrogens is 508 g/mol. The van der Waals surface area contributed by atoms with Crippen molar-refractivity contribution in [1.29, 1.82) is 0 Å². The predicted molar refractivity (Wildman–Crippen MR) is 158 cm³/mol. The van der Waals surface area contributed by atoms with Gasteiger partial charge >= 0.3 is 0 Å². The Labute approximate surface area is 229 Å². The number of carbonyl (C=O) groups is 1. The highest BCUT2D eigenvalue weighted by Crippen LogP contribution is 2.40. The topological polar surface area (TPSA) is 81.8 Å². The Morgan fingerprint density at radius 2 is 1.51 bits per heavy atom. The second-order valence-corrected chi connectivity index (χ2v) is 11.6. The number of anilines is 3. The third-order valence-corrected chi connectivity index (χ3v) is 8.32. The summed E-state index contributed by atoms with van der Waals surface area (Å²) in [6.45, 7) is 0.779. The molecule has 1 amide bonds. The van der Waals surface area contributed by atoms with E-state index in [0.29, 0.717) is 28.2 Å². The average molecular weight is 539 g/mol. The van der Waals surface area contributed by atoms with Gasteiger partial charge in [-0.2, -0.15) is 0 Å². The van der Waals surface area contributed by atoms with Crippen LogP contribution in [0.3, 0.4) is 0 Å². The molecule has 0 saturated carbocycles. The zero-order valence-electron chi connectivity index (χ0n) is 22.0. The lowest BCUT2D eigenvalue weighted by atomic mass is 9.99. The number of nitrogens with zero attached hydrogens (tertiary/aromatic N) is 2. The molecule has 0 aromatic heterocycles. The number of carbonyl (C=O) groups excluding carboxylic acids is 1. The second kappa shape index (κ2) is 10.8. The van der Waals surface area contributed by atoms with E-state index in [-0.39, 0.29) is 10.8 Å². The van der Waals surface area contributed by atoms with Gasteiger partial charge in [-0.3, -0.25) is 9.10 Å². The fourth-order valence-corrected chi connectivity index (χ4v) is 5.84. The highest BCUT2D eigenvalue weighted by Gasteiger charge is 2.30. The van der Waals surface area contributed by atoms with E-state index in [1.54, 1.807) is 48.5 Å². The number of rotatable bonds is 8. The number of hydrogen-bond acceptors (Lipinski definition) is 5. The van der Waals surface area contributed by atoms with Gasteiger partial charge in [-0.25, -0.2) is 8.42 Å². The van der Waals surface area contributed by atoms with Crippen LogP contribution in [0.2, 0.25) is 0 Å². The Hall–Kier alpha value is -4.40. The lowest BCUT2D eigenvalue weighted by Crippen LogP contribution is -2.26. The fraction of sp³-hybridized carbons (Fsp3) is 0.129. The molecule has 0 saturated heterocycles. The second-order valence-electron chi connectivity index (χ2n) is 9.65. The molecule has 1 heterocycles. The van der Waals surface area contributed by atoms with Gasteiger partial charge in [-0.05, 0) is 67.7 Å². The predicted octanol–water partition coefficient (Wildman–Crippen LogP) is 5.51. The summed E-state index contributed by atoms with van der Waals surface area (Å²) >= 11 is 0. The molecular formula is C31H30N4O3S. The van der Waals surface area contributed by atoms with Gasteiger partial charge < -0.3 is 15.5 Å². The van der Waals surface area contributed by atoms with Gasteiger partial charge in [-0.15, -0.1) is 0 Å². The average Bonchev–Trinajstić information content (AvgIpc) is 3.26. The van der Waals surface area contributed by atoms with Crippen molar-refractivity contribution in [2.24, 2.45) is 0 Å². The molecule has 8 heteroatoms. The molecule has 0 fully saturated rings. The minimum absolute atomic E-state index is 0.196. The molecule has 4 aromatic carbocycles. The van der Waals surface area contributed by atoms with E-state index in [2.05, 4.69) is 27.7 Å². The van der Waals surface area contributed by atoms with Crippen molar-refractivity contribution in [1.82, 2.24) is 4.90 Å². The van der Waals surface area contributed by atoms with Crippen LogP contribution in [0, 0.1) is 0 Å². The Kier molecular flexibility index (Phi) is 7.24. The Morgan fingerprint density at radius 3 is 2.21 bits per heavy atom. The van der Waals surface area contributed by atoms with Crippen molar-refractivity contribution in [3.05, 3.63) is 120 Å². The molecule has 0 bridgehead atoms. The first kappa shape index (κ1) is 26.2. The quantitative estimate of drug-likeness (QED) is 0.289. The summed E-state index contributed by atoms with van der Waals surface area (Å²) in [7, 11) is 1.77. The van der Waals surface area contributed by atoms with Crippen LogP contribution in [-0.4, -0.2) is 40.4 Å². The fourth-order valence-electron chi connectivity index (χ4n) is 4.63. The standard InChI is InChI=1S/C31H30N4O3S/c1-34(2)21-22-11-10-14-24(19-22)32-30(23-12-6-4-7-13-23)29-27-20-25(17-18-28(27)33-31(29)36)35(3)39(37,38)26-15-8-5-9-16-26/h4-20,32H,21H2,1-3H3,(H,33,36)/b30-29-. The molecule has 39 heavy (non-hydrogen) atoms. The monoisotopic (exact) mass is 538 g/mol. The lowest BCUT2D eigenvalue weighted by molar-refractivity contribution is -0.110. The van der Waals surface area contributed by atoms with Gasteiger partial charge in [0.2, 0.25) is 0 Å². The zero-order valence-corrected chi connectivity index (χ0v) is 22.9. The number of benzene rings is 4. The molecule has 0 atom stereocenters. The normalized spacial score (nSPS) is 14.1. The number of fused-ring (bicyclic) bond motifs is 1. The molecule has 0 unspecified atom stereocenters. The lowest BCUT2D eigenvalue weighted by Gasteiger charge is -2.21. The van der Waals surface area contributed by atoms with Crippen molar-refractivity contribution in [2.45, 2.75) is 11.4 Å². The summed E-state index contributed by atoms with van der Waals surface area (Å²) in [6.07, 6.45) is 0. The van der Waals surface area contributed by atoms with E-state index >= 15 is 0 Å². The smallest absolute Gasteiger partial charge is 0.264 e. The molecule has 1 aliphatic heterocycles. The number of nitrogens with one attached hydrogen (secondary N) is 2. The highest BCUT2D eigenvalue weighted by atomic mass is 32.2. The van der Waals surface area contributed by atoms with E-state index in [1.165, 1.54) is 11.4 Å². The summed E-state index contributed by atoms with van der Waals surface area (Å²) in [6, 6.07) is 31.2. The maximum absolute atomic E-state index is 13.4. The van der Waals surface area contributed by atoms with Gasteiger partial charge in [0, 0.05) is 30.5 Å². The number of hydrogen-bond donors (Lipinski definition) is 2. The number of sulfonamides is 1. The largest absolute Gasteiger partial charge is 0.354 e. The molecule has 1 aliphatic rings. The Balaban J connectivity index is 1.61. The van der Waals surface area contributed by atoms with Crippen molar-refractivity contribution in [2.75, 3.05) is 36.1 Å². The van der Waals surface area contributed by atoms with Crippen molar-refractivity contribution in [3.8, 4) is 0 Å². The van der Waals surface area contributed by atoms with E-state index in [9.17, 15) is 13.2 Å². The van der Waals surface area contributed by atoms with Crippen LogP contribution in [0.15, 0.2) is 108 Å². The summed E-state index contributed by atoms with van der Waals surface area (Å²) in [5, 5.41) is 6.44. The number of amides is 1. The van der Waals surface area contributed by atoms with Crippen molar-refractivity contribution < 1.29 is 13.2 Å². The molecule has 7 nitrogen and oxygen atoms in total. The summed E-state index contributed by atoms with van der Waals surface area (Å²) in [4.78, 5) is 15.7. The van der Waals surface area contributed by atoms with Crippen LogP contribution in [0.4, 0.5) is 17.1 Å². The van der Waals surface area contributed by atoms with Crippen LogP contribution < -0.4 is 14.9 Å². The SMILES string of the molecule is CN(C)Cc1cccc(N/C(=C2\C(=O)Nc3ccc(N(C)S(=O)(=O)c4ccccc4)cc32)c2ccccc2)c1. The van der Waals surface area contributed by atoms with E-state index in [1.807, 2.05) is 56.6 Å². The first-order chi connectivity index (χ1) is 18.7. The molecule has 5 rings (SSSR count). The van der Waals surface area contributed by atoms with Gasteiger partial charge in [0.1, 0.15) is 0 Å². The third kappa shape index (κ3) is 5.43. The van der Waals surface area contributed by atoms with Crippen LogP contribution >= 0.6 is 0 Å². The van der Waals surface area contributed by atoms with Crippen molar-refractivity contribution >= 4 is 44.3 Å². The minimum atomic E-state index is -3.78. The summed E-state index contributed by atoms with van der Waals surface area (Å²) in [5.74, 6) is -0.258. The first-order valence-electron chi connectivity index (χ1n) is 12.5. The molecule has 0 aliphatic carbocycles. The molecule has 0 spiro atoms. The summed E-state index contributed by atoms with van der Waals surface area (Å²) < 4.78 is 27.8. The zero-order chi connectivity index (χ0) is 27.6. The van der Waals surface area contributed by atoms with E-state index < -0.39 is 10.0 Å². The molecule has 0 radical (unpaired) electrons. The van der Waals surface area contributed by atoms with Gasteiger partial charge in [0.15, 0.2) is 0 Å². The van der Waals surface area contributed by atoms with Crippen LogP contribution in [-0.2, 0) is 21.4 Å².